The van der Waals surface area contributed by atoms with Gasteiger partial charge >= 0.3 is 0 Å². The second kappa shape index (κ2) is 4.30. The lowest BCUT2D eigenvalue weighted by Gasteiger charge is -2.01. The molecule has 0 aliphatic rings. The molecule has 0 unspecified atom stereocenters. The van der Waals surface area contributed by atoms with Crippen molar-refractivity contribution in [1.29, 1.82) is 0 Å². The minimum Gasteiger partial charge on any atom is -0.448 e. The fraction of sp³-hybridized carbons (Fsp3) is 0. The monoisotopic (exact) mass is 304 g/mol. The van der Waals surface area contributed by atoms with Crippen LogP contribution in [0.25, 0.3) is 22.6 Å². The van der Waals surface area contributed by atoms with E-state index < -0.39 is 0 Å². The number of rotatable bonds is 2. The number of furan rings is 1. The maximum atomic E-state index is 5.89. The first-order valence-electron chi connectivity index (χ1n) is 5.25. The lowest BCUT2D eigenvalue weighted by molar-refractivity contribution is 0.553. The Balaban J connectivity index is 2.18. The molecule has 3 N–H and O–H groups in total. The first-order chi connectivity index (χ1) is 8.75. The van der Waals surface area contributed by atoms with Gasteiger partial charge in [-0.15, -0.1) is 0 Å². The number of anilines is 1. The molecule has 0 radical (unpaired) electrons. The standard InChI is InChI=1S/C12H9BrN4O/c13-9-4-3-8(18-9)11-10(12(14)17-16-11)7-2-1-5-15-6-7/h1-6H,(H3,14,16,17). The fourth-order valence-electron chi connectivity index (χ4n) is 1.79. The van der Waals surface area contributed by atoms with Gasteiger partial charge in [-0.05, 0) is 34.1 Å². The molecule has 0 aliphatic carbocycles. The minimum absolute atomic E-state index is 0.422. The number of aromatic amines is 1. The largest absolute Gasteiger partial charge is 0.448 e. The maximum Gasteiger partial charge on any atom is 0.169 e. The molecule has 0 bridgehead atoms. The summed E-state index contributed by atoms with van der Waals surface area (Å²) in [6, 6.07) is 7.44. The number of pyridine rings is 1. The number of aromatic nitrogens is 3. The summed E-state index contributed by atoms with van der Waals surface area (Å²) < 4.78 is 6.17. The second-order valence-corrected chi connectivity index (χ2v) is 4.49. The van der Waals surface area contributed by atoms with Gasteiger partial charge in [0.1, 0.15) is 5.69 Å². The molecular weight excluding hydrogens is 296 g/mol. The molecule has 0 aliphatic heterocycles. The van der Waals surface area contributed by atoms with E-state index in [0.29, 0.717) is 16.2 Å². The van der Waals surface area contributed by atoms with Crippen LogP contribution in [0.5, 0.6) is 0 Å². The number of halogens is 1. The molecular formula is C12H9BrN4O. The molecule has 0 fully saturated rings. The molecule has 0 spiro atoms. The third kappa shape index (κ3) is 1.80. The van der Waals surface area contributed by atoms with E-state index in [2.05, 4.69) is 31.1 Å². The van der Waals surface area contributed by atoms with Gasteiger partial charge in [0, 0.05) is 18.0 Å². The van der Waals surface area contributed by atoms with Gasteiger partial charge < -0.3 is 10.2 Å². The van der Waals surface area contributed by atoms with Gasteiger partial charge in [0.15, 0.2) is 16.2 Å². The van der Waals surface area contributed by atoms with Gasteiger partial charge in [-0.3, -0.25) is 10.1 Å². The van der Waals surface area contributed by atoms with Gasteiger partial charge in [0.2, 0.25) is 0 Å². The van der Waals surface area contributed by atoms with Crippen LogP contribution in [0, 0.1) is 0 Å². The third-order valence-corrected chi connectivity index (χ3v) is 2.99. The molecule has 6 heteroatoms. The van der Waals surface area contributed by atoms with Crippen LogP contribution in [0.1, 0.15) is 0 Å². The number of hydrogen-bond donors (Lipinski definition) is 2. The summed E-state index contributed by atoms with van der Waals surface area (Å²) in [6.07, 6.45) is 3.45. The van der Waals surface area contributed by atoms with Crippen molar-refractivity contribution >= 4 is 21.7 Å². The molecule has 0 amide bonds. The van der Waals surface area contributed by atoms with Crippen LogP contribution >= 0.6 is 15.9 Å². The average molecular weight is 305 g/mol. The van der Waals surface area contributed by atoms with E-state index in [9.17, 15) is 0 Å². The normalized spacial score (nSPS) is 10.7. The van der Waals surface area contributed by atoms with Crippen LogP contribution in [0.3, 0.4) is 0 Å². The lowest BCUT2D eigenvalue weighted by atomic mass is 10.1. The van der Waals surface area contributed by atoms with Crippen molar-refractivity contribution < 1.29 is 4.42 Å². The Morgan fingerprint density at radius 3 is 2.83 bits per heavy atom. The van der Waals surface area contributed by atoms with E-state index in [1.165, 1.54) is 0 Å². The van der Waals surface area contributed by atoms with Crippen LogP contribution in [-0.4, -0.2) is 15.2 Å². The van der Waals surface area contributed by atoms with Crippen molar-refractivity contribution in [1.82, 2.24) is 15.2 Å². The molecule has 0 atom stereocenters. The molecule has 18 heavy (non-hydrogen) atoms. The van der Waals surface area contributed by atoms with E-state index >= 15 is 0 Å². The predicted octanol–water partition coefficient (Wildman–Crippen LogP) is 3.08. The van der Waals surface area contributed by atoms with Crippen LogP contribution in [0.2, 0.25) is 0 Å². The number of H-pyrrole nitrogens is 1. The van der Waals surface area contributed by atoms with Crippen LogP contribution in [-0.2, 0) is 0 Å². The molecule has 0 saturated carbocycles. The van der Waals surface area contributed by atoms with Crippen molar-refractivity contribution in [2.45, 2.75) is 0 Å². The molecule has 5 nitrogen and oxygen atoms in total. The summed E-state index contributed by atoms with van der Waals surface area (Å²) in [4.78, 5) is 4.08. The summed E-state index contributed by atoms with van der Waals surface area (Å²) in [7, 11) is 0. The Bertz CT molecular complexity index is 674. The van der Waals surface area contributed by atoms with Crippen LogP contribution in [0.4, 0.5) is 5.82 Å². The van der Waals surface area contributed by atoms with Crippen LogP contribution < -0.4 is 5.73 Å². The van der Waals surface area contributed by atoms with E-state index in [-0.39, 0.29) is 0 Å². The Labute approximate surface area is 111 Å². The number of nitrogens with one attached hydrogen (secondary N) is 1. The number of hydrogen-bond acceptors (Lipinski definition) is 4. The van der Waals surface area contributed by atoms with Gasteiger partial charge in [-0.2, -0.15) is 5.10 Å². The summed E-state index contributed by atoms with van der Waals surface area (Å²) in [6.45, 7) is 0. The van der Waals surface area contributed by atoms with Crippen molar-refractivity contribution in [3.8, 4) is 22.6 Å². The summed E-state index contributed by atoms with van der Waals surface area (Å²) in [5, 5.41) is 6.91. The molecule has 0 aromatic carbocycles. The average Bonchev–Trinajstić information content (AvgIpc) is 2.96. The Hall–Kier alpha value is -2.08. The SMILES string of the molecule is Nc1n[nH]c(-c2ccc(Br)o2)c1-c1cccnc1. The molecule has 3 aromatic rings. The number of nitrogens with zero attached hydrogens (tertiary/aromatic N) is 2. The van der Waals surface area contributed by atoms with Crippen molar-refractivity contribution in [2.24, 2.45) is 0 Å². The third-order valence-electron chi connectivity index (χ3n) is 2.56. The molecule has 0 saturated heterocycles. The zero-order valence-corrected chi connectivity index (χ0v) is 10.8. The molecule has 3 rings (SSSR count). The van der Waals surface area contributed by atoms with Gasteiger partial charge in [0.25, 0.3) is 0 Å². The first-order valence-corrected chi connectivity index (χ1v) is 6.05. The summed E-state index contributed by atoms with van der Waals surface area (Å²) in [5.41, 5.74) is 8.33. The van der Waals surface area contributed by atoms with Crippen molar-refractivity contribution in [3.05, 3.63) is 41.3 Å². The highest BCUT2D eigenvalue weighted by Gasteiger charge is 2.17. The predicted molar refractivity (Wildman–Crippen MR) is 71.6 cm³/mol. The van der Waals surface area contributed by atoms with E-state index in [1.807, 2.05) is 24.3 Å². The number of nitrogen functional groups attached to an aromatic ring is 1. The highest BCUT2D eigenvalue weighted by Crippen LogP contribution is 2.35. The quantitative estimate of drug-likeness (QED) is 0.762. The Kier molecular flexibility index (Phi) is 2.64. The smallest absolute Gasteiger partial charge is 0.169 e. The highest BCUT2D eigenvalue weighted by atomic mass is 79.9. The zero-order valence-electron chi connectivity index (χ0n) is 9.22. The Morgan fingerprint density at radius 1 is 1.28 bits per heavy atom. The summed E-state index contributed by atoms with van der Waals surface area (Å²) in [5.74, 6) is 1.09. The van der Waals surface area contributed by atoms with E-state index in [4.69, 9.17) is 10.2 Å². The van der Waals surface area contributed by atoms with Gasteiger partial charge in [0.05, 0.1) is 5.56 Å². The fourth-order valence-corrected chi connectivity index (χ4v) is 2.09. The van der Waals surface area contributed by atoms with Crippen molar-refractivity contribution in [2.75, 3.05) is 5.73 Å². The van der Waals surface area contributed by atoms with E-state index in [0.717, 1.165) is 16.8 Å². The number of nitrogens with two attached hydrogens (primary N) is 1. The highest BCUT2D eigenvalue weighted by molar-refractivity contribution is 9.10. The van der Waals surface area contributed by atoms with Crippen LogP contribution in [0.15, 0.2) is 45.7 Å². The maximum absolute atomic E-state index is 5.89. The lowest BCUT2D eigenvalue weighted by Crippen LogP contribution is -1.88. The van der Waals surface area contributed by atoms with Gasteiger partial charge in [-0.25, -0.2) is 0 Å². The molecule has 90 valence electrons. The molecule has 3 heterocycles. The van der Waals surface area contributed by atoms with Crippen molar-refractivity contribution in [3.63, 3.8) is 0 Å². The Morgan fingerprint density at radius 2 is 2.17 bits per heavy atom. The zero-order chi connectivity index (χ0) is 12.5. The topological polar surface area (TPSA) is 80.7 Å². The minimum atomic E-state index is 0.422. The first kappa shape index (κ1) is 11.0. The molecule has 3 aromatic heterocycles. The second-order valence-electron chi connectivity index (χ2n) is 3.70. The van der Waals surface area contributed by atoms with Gasteiger partial charge in [-0.1, -0.05) is 6.07 Å². The van der Waals surface area contributed by atoms with E-state index in [1.54, 1.807) is 12.4 Å². The summed E-state index contributed by atoms with van der Waals surface area (Å²) >= 11 is 3.27.